The van der Waals surface area contributed by atoms with Crippen LogP contribution in [0.25, 0.3) is 0 Å². The first-order chi connectivity index (χ1) is 11.1. The lowest BCUT2D eigenvalue weighted by Gasteiger charge is -2.17. The maximum Gasteiger partial charge on any atom is 0.229 e. The minimum absolute atomic E-state index is 0.0869. The van der Waals surface area contributed by atoms with Gasteiger partial charge in [0, 0.05) is 16.5 Å². The highest BCUT2D eigenvalue weighted by Crippen LogP contribution is 2.28. The van der Waals surface area contributed by atoms with Gasteiger partial charge < -0.3 is 10.2 Å². The van der Waals surface area contributed by atoms with Crippen molar-refractivity contribution >= 4 is 45.8 Å². The van der Waals surface area contributed by atoms with Crippen molar-refractivity contribution in [2.24, 2.45) is 5.92 Å². The molecule has 0 spiro atoms. The van der Waals surface area contributed by atoms with Crippen LogP contribution in [-0.2, 0) is 9.59 Å². The van der Waals surface area contributed by atoms with Crippen molar-refractivity contribution < 1.29 is 14.0 Å². The third-order valence-electron chi connectivity index (χ3n) is 3.77. The van der Waals surface area contributed by atoms with E-state index in [9.17, 15) is 14.0 Å². The van der Waals surface area contributed by atoms with Gasteiger partial charge in [0.15, 0.2) is 0 Å². The van der Waals surface area contributed by atoms with E-state index in [1.54, 1.807) is 18.2 Å². The molecule has 0 aliphatic carbocycles. The first-order valence-corrected chi connectivity index (χ1v) is 8.24. The van der Waals surface area contributed by atoms with Gasteiger partial charge in [-0.05, 0) is 46.9 Å². The lowest BCUT2D eigenvalue weighted by molar-refractivity contribution is -0.122. The summed E-state index contributed by atoms with van der Waals surface area (Å²) in [7, 11) is 0. The molecule has 1 N–H and O–H groups in total. The molecule has 0 aromatic heterocycles. The smallest absolute Gasteiger partial charge is 0.229 e. The maximum atomic E-state index is 13.8. The summed E-state index contributed by atoms with van der Waals surface area (Å²) >= 11 is 2.14. The summed E-state index contributed by atoms with van der Waals surface area (Å²) in [5, 5.41) is 2.84. The van der Waals surface area contributed by atoms with Crippen LogP contribution in [0.2, 0.25) is 0 Å². The number of halogens is 2. The number of hydrogen-bond acceptors (Lipinski definition) is 2. The van der Waals surface area contributed by atoms with Crippen molar-refractivity contribution in [3.63, 3.8) is 0 Å². The molecule has 1 aliphatic rings. The Labute approximate surface area is 146 Å². The first-order valence-electron chi connectivity index (χ1n) is 7.16. The van der Waals surface area contributed by atoms with Gasteiger partial charge >= 0.3 is 0 Å². The molecule has 0 saturated carbocycles. The second-order valence-electron chi connectivity index (χ2n) is 5.33. The lowest BCUT2D eigenvalue weighted by atomic mass is 10.1. The normalized spacial score (nSPS) is 17.4. The Morgan fingerprint density at radius 1 is 1.17 bits per heavy atom. The third kappa shape index (κ3) is 3.36. The van der Waals surface area contributed by atoms with E-state index in [2.05, 4.69) is 27.9 Å². The topological polar surface area (TPSA) is 49.4 Å². The summed E-state index contributed by atoms with van der Waals surface area (Å²) in [4.78, 5) is 25.9. The standard InChI is InChI=1S/C17H14FIN2O2/c18-12-5-1-4-8-15(12)21-10-11(9-16(21)22)17(23)20-14-7-3-2-6-13(14)19/h1-8,11H,9-10H2,(H,20,23). The second kappa shape index (κ2) is 6.66. The number of hydrogen-bond donors (Lipinski definition) is 1. The van der Waals surface area contributed by atoms with E-state index in [-0.39, 0.29) is 30.5 Å². The molecule has 118 valence electrons. The van der Waals surface area contributed by atoms with E-state index in [0.29, 0.717) is 0 Å². The van der Waals surface area contributed by atoms with Crippen LogP contribution in [0, 0.1) is 15.3 Å². The Hall–Kier alpha value is -1.96. The van der Waals surface area contributed by atoms with Gasteiger partial charge in [-0.3, -0.25) is 9.59 Å². The van der Waals surface area contributed by atoms with E-state index in [4.69, 9.17) is 0 Å². The number of amides is 2. The van der Waals surface area contributed by atoms with Gasteiger partial charge in [-0.2, -0.15) is 0 Å². The minimum Gasteiger partial charge on any atom is -0.325 e. The van der Waals surface area contributed by atoms with Gasteiger partial charge in [0.25, 0.3) is 0 Å². The summed E-state index contributed by atoms with van der Waals surface area (Å²) in [5.74, 6) is -1.41. The van der Waals surface area contributed by atoms with Gasteiger partial charge in [-0.15, -0.1) is 0 Å². The Kier molecular flexibility index (Phi) is 4.61. The van der Waals surface area contributed by atoms with Crippen LogP contribution < -0.4 is 10.2 Å². The van der Waals surface area contributed by atoms with E-state index in [1.165, 1.54) is 11.0 Å². The minimum atomic E-state index is -0.488. The summed E-state index contributed by atoms with van der Waals surface area (Å²) in [5.41, 5.74) is 0.942. The van der Waals surface area contributed by atoms with E-state index in [1.807, 2.05) is 24.3 Å². The number of rotatable bonds is 3. The summed E-state index contributed by atoms with van der Waals surface area (Å²) in [6, 6.07) is 13.5. The quantitative estimate of drug-likeness (QED) is 0.768. The summed E-state index contributed by atoms with van der Waals surface area (Å²) < 4.78 is 14.8. The van der Waals surface area contributed by atoms with Crippen molar-refractivity contribution in [3.05, 3.63) is 57.9 Å². The fraction of sp³-hybridized carbons (Fsp3) is 0.176. The predicted octanol–water partition coefficient (Wildman–Crippen LogP) is 3.42. The molecule has 23 heavy (non-hydrogen) atoms. The first kappa shape index (κ1) is 15.9. The maximum absolute atomic E-state index is 13.8. The van der Waals surface area contributed by atoms with Crippen molar-refractivity contribution in [3.8, 4) is 0 Å². The zero-order valence-electron chi connectivity index (χ0n) is 12.1. The SMILES string of the molecule is O=C(Nc1ccccc1I)C1CC(=O)N(c2ccccc2F)C1. The van der Waals surface area contributed by atoms with E-state index < -0.39 is 11.7 Å². The molecule has 1 aliphatic heterocycles. The lowest BCUT2D eigenvalue weighted by Crippen LogP contribution is -2.28. The van der Waals surface area contributed by atoms with Crippen LogP contribution in [0.4, 0.5) is 15.8 Å². The molecule has 3 rings (SSSR count). The predicted molar refractivity (Wildman–Crippen MR) is 94.6 cm³/mol. The zero-order valence-corrected chi connectivity index (χ0v) is 14.3. The Morgan fingerprint density at radius 2 is 1.87 bits per heavy atom. The van der Waals surface area contributed by atoms with Crippen LogP contribution in [0.5, 0.6) is 0 Å². The number of para-hydroxylation sites is 2. The molecule has 1 unspecified atom stereocenters. The van der Waals surface area contributed by atoms with Gasteiger partial charge in [0.2, 0.25) is 11.8 Å². The largest absolute Gasteiger partial charge is 0.325 e. The Morgan fingerprint density at radius 3 is 2.61 bits per heavy atom. The average molecular weight is 424 g/mol. The number of nitrogens with one attached hydrogen (secondary N) is 1. The van der Waals surface area contributed by atoms with E-state index in [0.717, 1.165) is 9.26 Å². The molecule has 2 amide bonds. The highest BCUT2D eigenvalue weighted by atomic mass is 127. The number of carbonyl (C=O) groups excluding carboxylic acids is 2. The fourth-order valence-corrected chi connectivity index (χ4v) is 3.11. The van der Waals surface area contributed by atoms with Crippen molar-refractivity contribution in [2.75, 3.05) is 16.8 Å². The molecule has 1 saturated heterocycles. The second-order valence-corrected chi connectivity index (χ2v) is 6.49. The fourth-order valence-electron chi connectivity index (χ4n) is 2.58. The van der Waals surface area contributed by atoms with Crippen molar-refractivity contribution in [1.82, 2.24) is 0 Å². The number of anilines is 2. The highest BCUT2D eigenvalue weighted by molar-refractivity contribution is 14.1. The highest BCUT2D eigenvalue weighted by Gasteiger charge is 2.36. The Balaban J connectivity index is 1.74. The molecule has 1 fully saturated rings. The average Bonchev–Trinajstić information content (AvgIpc) is 2.92. The number of carbonyl (C=O) groups is 2. The summed E-state index contributed by atoms with van der Waals surface area (Å²) in [6.45, 7) is 0.189. The molecule has 0 radical (unpaired) electrons. The Bertz CT molecular complexity index is 766. The van der Waals surface area contributed by atoms with Crippen molar-refractivity contribution in [2.45, 2.75) is 6.42 Å². The van der Waals surface area contributed by atoms with Gasteiger partial charge in [-0.1, -0.05) is 24.3 Å². The molecule has 1 heterocycles. The van der Waals surface area contributed by atoms with E-state index >= 15 is 0 Å². The molecule has 6 heteroatoms. The number of benzene rings is 2. The summed E-state index contributed by atoms with van der Waals surface area (Å²) in [6.07, 6.45) is 0.0869. The van der Waals surface area contributed by atoms with Gasteiger partial charge in [0.1, 0.15) is 5.82 Å². The van der Waals surface area contributed by atoms with Crippen LogP contribution in [0.1, 0.15) is 6.42 Å². The molecule has 0 bridgehead atoms. The van der Waals surface area contributed by atoms with Crippen LogP contribution in [0.15, 0.2) is 48.5 Å². The monoisotopic (exact) mass is 424 g/mol. The van der Waals surface area contributed by atoms with Gasteiger partial charge in [0.05, 0.1) is 17.3 Å². The zero-order chi connectivity index (χ0) is 16.4. The van der Waals surface area contributed by atoms with Crippen LogP contribution >= 0.6 is 22.6 Å². The molecular weight excluding hydrogens is 410 g/mol. The molecule has 2 aromatic rings. The van der Waals surface area contributed by atoms with Crippen molar-refractivity contribution in [1.29, 1.82) is 0 Å². The third-order valence-corrected chi connectivity index (χ3v) is 4.71. The van der Waals surface area contributed by atoms with Gasteiger partial charge in [-0.25, -0.2) is 4.39 Å². The van der Waals surface area contributed by atoms with Crippen LogP contribution in [0.3, 0.4) is 0 Å². The number of nitrogens with zero attached hydrogens (tertiary/aromatic N) is 1. The van der Waals surface area contributed by atoms with Crippen LogP contribution in [-0.4, -0.2) is 18.4 Å². The molecular formula is C17H14FIN2O2. The molecule has 4 nitrogen and oxygen atoms in total. The molecule has 1 atom stereocenters. The molecule has 2 aromatic carbocycles.